The molecular formula is C17H24Cl2N4O. The standard InChI is InChI=1S/C17H22N4O.2ClH/c1-17(2,18)16(22)20-13-8-6-12(7-9-13)15-19-11-14-5-3-4-10-21(14)15;;/h6-9,11H,3-5,10,18H2,1-2H3,(H,20,22);2*1H. The molecule has 1 aromatic heterocycles. The fraction of sp³-hybridized carbons (Fsp3) is 0.412. The number of amides is 1. The summed E-state index contributed by atoms with van der Waals surface area (Å²) in [5.41, 5.74) is 8.02. The number of imidazole rings is 1. The largest absolute Gasteiger partial charge is 0.328 e. The summed E-state index contributed by atoms with van der Waals surface area (Å²) in [6.45, 7) is 4.41. The number of rotatable bonds is 3. The summed E-state index contributed by atoms with van der Waals surface area (Å²) < 4.78 is 2.29. The van der Waals surface area contributed by atoms with Crippen LogP contribution in [0.15, 0.2) is 30.5 Å². The predicted molar refractivity (Wildman–Crippen MR) is 102 cm³/mol. The molecule has 0 unspecified atom stereocenters. The maximum absolute atomic E-state index is 11.9. The Labute approximate surface area is 154 Å². The number of aromatic nitrogens is 2. The molecule has 132 valence electrons. The summed E-state index contributed by atoms with van der Waals surface area (Å²) in [5.74, 6) is 0.810. The van der Waals surface area contributed by atoms with Gasteiger partial charge in [-0.25, -0.2) is 4.98 Å². The molecular weight excluding hydrogens is 347 g/mol. The third-order valence-electron chi connectivity index (χ3n) is 3.99. The molecule has 5 nitrogen and oxygen atoms in total. The molecule has 1 aliphatic heterocycles. The molecule has 0 spiro atoms. The van der Waals surface area contributed by atoms with Crippen molar-refractivity contribution in [1.82, 2.24) is 9.55 Å². The quantitative estimate of drug-likeness (QED) is 0.869. The topological polar surface area (TPSA) is 72.9 Å². The molecule has 3 rings (SSSR count). The van der Waals surface area contributed by atoms with Gasteiger partial charge in [-0.15, -0.1) is 24.8 Å². The zero-order chi connectivity index (χ0) is 15.7. The van der Waals surface area contributed by atoms with E-state index in [1.54, 1.807) is 13.8 Å². The van der Waals surface area contributed by atoms with Crippen molar-refractivity contribution in [3.8, 4) is 11.4 Å². The Kier molecular flexibility index (Phi) is 6.84. The van der Waals surface area contributed by atoms with E-state index in [1.807, 2.05) is 30.5 Å². The zero-order valence-electron chi connectivity index (χ0n) is 13.9. The Morgan fingerprint density at radius 1 is 1.21 bits per heavy atom. The highest BCUT2D eigenvalue weighted by Crippen LogP contribution is 2.25. The average Bonchev–Trinajstić information content (AvgIpc) is 2.91. The highest BCUT2D eigenvalue weighted by molar-refractivity contribution is 5.97. The first-order valence-corrected chi connectivity index (χ1v) is 7.70. The van der Waals surface area contributed by atoms with Crippen molar-refractivity contribution >= 4 is 36.4 Å². The lowest BCUT2D eigenvalue weighted by molar-refractivity contribution is -0.120. The van der Waals surface area contributed by atoms with Gasteiger partial charge < -0.3 is 15.6 Å². The maximum atomic E-state index is 11.9. The van der Waals surface area contributed by atoms with Crippen LogP contribution in [0.25, 0.3) is 11.4 Å². The van der Waals surface area contributed by atoms with Gasteiger partial charge in [0.1, 0.15) is 5.82 Å². The second-order valence-corrected chi connectivity index (χ2v) is 6.44. The highest BCUT2D eigenvalue weighted by atomic mass is 35.5. The lowest BCUT2D eigenvalue weighted by Gasteiger charge is -2.18. The van der Waals surface area contributed by atoms with Crippen molar-refractivity contribution in [2.24, 2.45) is 5.73 Å². The number of nitrogens with one attached hydrogen (secondary N) is 1. The van der Waals surface area contributed by atoms with E-state index in [2.05, 4.69) is 14.9 Å². The van der Waals surface area contributed by atoms with E-state index in [0.29, 0.717) is 0 Å². The number of anilines is 1. The lowest BCUT2D eigenvalue weighted by atomic mass is 10.1. The number of hydrogen-bond acceptors (Lipinski definition) is 3. The fourth-order valence-corrected chi connectivity index (χ4v) is 2.66. The van der Waals surface area contributed by atoms with Crippen LogP contribution in [0.2, 0.25) is 0 Å². The molecule has 0 saturated heterocycles. The second-order valence-electron chi connectivity index (χ2n) is 6.44. The summed E-state index contributed by atoms with van der Waals surface area (Å²) in [6.07, 6.45) is 5.52. The third-order valence-corrected chi connectivity index (χ3v) is 3.99. The molecule has 0 radical (unpaired) electrons. The Morgan fingerprint density at radius 2 is 1.88 bits per heavy atom. The maximum Gasteiger partial charge on any atom is 0.243 e. The molecule has 0 aliphatic carbocycles. The van der Waals surface area contributed by atoms with Gasteiger partial charge in [0.2, 0.25) is 5.91 Å². The third kappa shape index (κ3) is 4.29. The number of fused-ring (bicyclic) bond motifs is 1. The number of nitrogens with zero attached hydrogens (tertiary/aromatic N) is 2. The van der Waals surface area contributed by atoms with E-state index < -0.39 is 5.54 Å². The SMILES string of the molecule is CC(C)(N)C(=O)Nc1ccc(-c2ncc3n2CCCC3)cc1.Cl.Cl. The summed E-state index contributed by atoms with van der Waals surface area (Å²) in [7, 11) is 0. The highest BCUT2D eigenvalue weighted by Gasteiger charge is 2.22. The van der Waals surface area contributed by atoms with Crippen LogP contribution >= 0.6 is 24.8 Å². The van der Waals surface area contributed by atoms with E-state index in [0.717, 1.165) is 30.0 Å². The van der Waals surface area contributed by atoms with Crippen molar-refractivity contribution in [1.29, 1.82) is 0 Å². The molecule has 0 bridgehead atoms. The van der Waals surface area contributed by atoms with Gasteiger partial charge in [0.05, 0.1) is 5.54 Å². The summed E-state index contributed by atoms with van der Waals surface area (Å²) in [5, 5.41) is 2.83. The van der Waals surface area contributed by atoms with E-state index in [-0.39, 0.29) is 30.7 Å². The van der Waals surface area contributed by atoms with E-state index in [4.69, 9.17) is 5.73 Å². The molecule has 0 fully saturated rings. The Morgan fingerprint density at radius 3 is 2.50 bits per heavy atom. The van der Waals surface area contributed by atoms with Gasteiger partial charge >= 0.3 is 0 Å². The number of halogens is 2. The van der Waals surface area contributed by atoms with Gasteiger partial charge in [-0.05, 0) is 57.4 Å². The minimum Gasteiger partial charge on any atom is -0.328 e. The first-order valence-electron chi connectivity index (χ1n) is 7.70. The van der Waals surface area contributed by atoms with E-state index in [1.165, 1.54) is 18.5 Å². The molecule has 1 aliphatic rings. The minimum atomic E-state index is -0.888. The van der Waals surface area contributed by atoms with Gasteiger partial charge in [0.15, 0.2) is 0 Å². The van der Waals surface area contributed by atoms with Gasteiger partial charge in [0.25, 0.3) is 0 Å². The van der Waals surface area contributed by atoms with E-state index in [9.17, 15) is 4.79 Å². The lowest BCUT2D eigenvalue weighted by Crippen LogP contribution is -2.45. The summed E-state index contributed by atoms with van der Waals surface area (Å²) in [4.78, 5) is 16.4. The molecule has 0 atom stereocenters. The average molecular weight is 371 g/mol. The van der Waals surface area contributed by atoms with Crippen molar-refractivity contribution in [3.63, 3.8) is 0 Å². The number of hydrogen-bond donors (Lipinski definition) is 2. The predicted octanol–water partition coefficient (Wildman–Crippen LogP) is 3.41. The number of carbonyl (C=O) groups excluding carboxylic acids is 1. The molecule has 7 heteroatoms. The van der Waals surface area contributed by atoms with Crippen LogP contribution in [-0.4, -0.2) is 21.0 Å². The minimum absolute atomic E-state index is 0. The number of carbonyl (C=O) groups is 1. The number of benzene rings is 1. The van der Waals surface area contributed by atoms with Crippen molar-refractivity contribution in [2.75, 3.05) is 5.32 Å². The van der Waals surface area contributed by atoms with Crippen LogP contribution in [0.4, 0.5) is 5.69 Å². The van der Waals surface area contributed by atoms with Crippen LogP contribution in [-0.2, 0) is 17.8 Å². The number of nitrogens with two attached hydrogens (primary N) is 1. The van der Waals surface area contributed by atoms with Gasteiger partial charge in [-0.3, -0.25) is 4.79 Å². The first-order chi connectivity index (χ1) is 10.4. The Hall–Kier alpha value is -1.56. The van der Waals surface area contributed by atoms with Crippen LogP contribution in [0.5, 0.6) is 0 Å². The normalized spacial score (nSPS) is 13.3. The summed E-state index contributed by atoms with van der Waals surface area (Å²) in [6, 6.07) is 7.76. The Balaban J connectivity index is 0.00000144. The Bertz CT molecular complexity index is 690. The molecule has 2 aromatic rings. The molecule has 0 saturated carbocycles. The van der Waals surface area contributed by atoms with Crippen LogP contribution < -0.4 is 11.1 Å². The van der Waals surface area contributed by atoms with Crippen molar-refractivity contribution < 1.29 is 4.79 Å². The van der Waals surface area contributed by atoms with Crippen molar-refractivity contribution in [2.45, 2.75) is 45.2 Å². The molecule has 24 heavy (non-hydrogen) atoms. The van der Waals surface area contributed by atoms with Crippen molar-refractivity contribution in [3.05, 3.63) is 36.2 Å². The van der Waals surface area contributed by atoms with Crippen LogP contribution in [0.3, 0.4) is 0 Å². The number of aryl methyl sites for hydroxylation is 1. The van der Waals surface area contributed by atoms with Gasteiger partial charge in [-0.1, -0.05) is 0 Å². The van der Waals surface area contributed by atoms with Gasteiger partial charge in [0, 0.05) is 29.7 Å². The fourth-order valence-electron chi connectivity index (χ4n) is 2.66. The van der Waals surface area contributed by atoms with Crippen LogP contribution in [0, 0.1) is 0 Å². The van der Waals surface area contributed by atoms with E-state index >= 15 is 0 Å². The summed E-state index contributed by atoms with van der Waals surface area (Å²) >= 11 is 0. The monoisotopic (exact) mass is 370 g/mol. The smallest absolute Gasteiger partial charge is 0.243 e. The zero-order valence-corrected chi connectivity index (χ0v) is 15.5. The molecule has 3 N–H and O–H groups in total. The van der Waals surface area contributed by atoms with Gasteiger partial charge in [-0.2, -0.15) is 0 Å². The second kappa shape index (κ2) is 8.01. The molecule has 1 amide bonds. The van der Waals surface area contributed by atoms with Crippen LogP contribution in [0.1, 0.15) is 32.4 Å². The molecule has 2 heterocycles. The first kappa shape index (κ1) is 20.5. The molecule has 1 aromatic carbocycles.